The summed E-state index contributed by atoms with van der Waals surface area (Å²) in [5.41, 5.74) is 1.91. The molecular formula is C21H15ClF3N3O3. The number of halogens is 4. The number of ether oxygens (including phenoxy) is 2. The van der Waals surface area contributed by atoms with Crippen LogP contribution in [-0.2, 0) is 4.74 Å². The van der Waals surface area contributed by atoms with Crippen LogP contribution in [-0.4, -0.2) is 53.0 Å². The summed E-state index contributed by atoms with van der Waals surface area (Å²) in [5, 5.41) is -0.237. The Kier molecular flexibility index (Phi) is 5.52. The standard InChI is InChI=1S/C21H15ClF3N3O3/c1-2-19-26-16-11-13(20(29)27-7-9-30-10-8-27)3-5-17(16)28(19)14-4-6-18(15(22)12-14)31-21(23,24)25/h1,3-6,11-12H,7-10H2. The van der Waals surface area contributed by atoms with Gasteiger partial charge >= 0.3 is 6.36 Å². The summed E-state index contributed by atoms with van der Waals surface area (Å²) < 4.78 is 48.2. The van der Waals surface area contributed by atoms with E-state index in [0.717, 1.165) is 6.07 Å². The quantitative estimate of drug-likeness (QED) is 0.566. The predicted molar refractivity (Wildman–Crippen MR) is 107 cm³/mol. The molecule has 10 heteroatoms. The van der Waals surface area contributed by atoms with Crippen LogP contribution in [0.25, 0.3) is 16.7 Å². The normalized spacial score (nSPS) is 14.5. The van der Waals surface area contributed by atoms with Gasteiger partial charge in [-0.3, -0.25) is 9.36 Å². The van der Waals surface area contributed by atoms with Crippen LogP contribution in [0, 0.1) is 12.3 Å². The number of hydrogen-bond donors (Lipinski definition) is 0. The van der Waals surface area contributed by atoms with Crippen molar-refractivity contribution in [2.75, 3.05) is 26.3 Å². The number of terminal acetylenes is 1. The summed E-state index contributed by atoms with van der Waals surface area (Å²) in [5.74, 6) is 2.00. The number of nitrogens with zero attached hydrogens (tertiary/aromatic N) is 3. The number of benzene rings is 2. The molecule has 0 spiro atoms. The number of rotatable bonds is 3. The average molecular weight is 450 g/mol. The molecule has 0 bridgehead atoms. The molecule has 2 heterocycles. The Morgan fingerprint density at radius 1 is 1.19 bits per heavy atom. The zero-order chi connectivity index (χ0) is 22.2. The summed E-state index contributed by atoms with van der Waals surface area (Å²) in [6.07, 6.45) is 0.728. The fourth-order valence-corrected chi connectivity index (χ4v) is 3.57. The highest BCUT2D eigenvalue weighted by atomic mass is 35.5. The molecule has 1 aliphatic heterocycles. The van der Waals surface area contributed by atoms with Gasteiger partial charge in [-0.25, -0.2) is 4.98 Å². The van der Waals surface area contributed by atoms with Gasteiger partial charge < -0.3 is 14.4 Å². The molecule has 1 saturated heterocycles. The maximum absolute atomic E-state index is 12.7. The van der Waals surface area contributed by atoms with Crippen molar-refractivity contribution in [3.63, 3.8) is 0 Å². The molecule has 6 nitrogen and oxygen atoms in total. The van der Waals surface area contributed by atoms with Crippen LogP contribution in [0.2, 0.25) is 5.02 Å². The third-order valence-corrected chi connectivity index (χ3v) is 5.02. The van der Waals surface area contributed by atoms with E-state index in [1.807, 2.05) is 0 Å². The Morgan fingerprint density at radius 3 is 2.58 bits per heavy atom. The molecule has 1 aliphatic rings. The van der Waals surface area contributed by atoms with Crippen molar-refractivity contribution in [1.29, 1.82) is 0 Å². The summed E-state index contributed by atoms with van der Waals surface area (Å²) in [6, 6.07) is 8.77. The number of fused-ring (bicyclic) bond motifs is 1. The predicted octanol–water partition coefficient (Wildman–Crippen LogP) is 4.03. The molecular weight excluding hydrogens is 435 g/mol. The van der Waals surface area contributed by atoms with Crippen LogP contribution in [0.5, 0.6) is 5.75 Å². The second-order valence-corrected chi connectivity index (χ2v) is 7.09. The number of carbonyl (C=O) groups is 1. The molecule has 2 aromatic carbocycles. The Balaban J connectivity index is 1.72. The van der Waals surface area contributed by atoms with E-state index in [2.05, 4.69) is 15.6 Å². The van der Waals surface area contributed by atoms with E-state index >= 15 is 0 Å². The molecule has 0 saturated carbocycles. The largest absolute Gasteiger partial charge is 0.573 e. The number of hydrogen-bond acceptors (Lipinski definition) is 4. The Hall–Kier alpha value is -3.22. The third-order valence-electron chi connectivity index (χ3n) is 4.73. The summed E-state index contributed by atoms with van der Waals surface area (Å²) >= 11 is 5.98. The zero-order valence-electron chi connectivity index (χ0n) is 15.9. The fraction of sp³-hybridized carbons (Fsp3) is 0.238. The highest BCUT2D eigenvalue weighted by Crippen LogP contribution is 2.33. The molecule has 0 atom stereocenters. The van der Waals surface area contributed by atoms with Crippen LogP contribution < -0.4 is 4.74 Å². The minimum atomic E-state index is -4.86. The molecule has 1 amide bonds. The maximum Gasteiger partial charge on any atom is 0.573 e. The van der Waals surface area contributed by atoms with Gasteiger partial charge in [0, 0.05) is 18.7 Å². The zero-order valence-corrected chi connectivity index (χ0v) is 16.7. The topological polar surface area (TPSA) is 56.6 Å². The summed E-state index contributed by atoms with van der Waals surface area (Å²) in [7, 11) is 0. The van der Waals surface area contributed by atoms with E-state index in [0.29, 0.717) is 48.6 Å². The van der Waals surface area contributed by atoms with E-state index in [1.165, 1.54) is 12.1 Å². The first-order valence-electron chi connectivity index (χ1n) is 9.18. The summed E-state index contributed by atoms with van der Waals surface area (Å²) in [4.78, 5) is 18.8. The molecule has 4 rings (SSSR count). The van der Waals surface area contributed by atoms with Gasteiger partial charge in [-0.1, -0.05) is 11.6 Å². The number of amides is 1. The van der Waals surface area contributed by atoms with Crippen molar-refractivity contribution in [3.05, 3.63) is 52.8 Å². The smallest absolute Gasteiger partial charge is 0.404 e. The van der Waals surface area contributed by atoms with E-state index in [-0.39, 0.29) is 16.8 Å². The number of morpholine rings is 1. The van der Waals surface area contributed by atoms with Crippen molar-refractivity contribution in [2.24, 2.45) is 0 Å². The highest BCUT2D eigenvalue weighted by Gasteiger charge is 2.32. The molecule has 0 radical (unpaired) electrons. The van der Waals surface area contributed by atoms with Gasteiger partial charge in [0.25, 0.3) is 5.91 Å². The third kappa shape index (κ3) is 4.31. The van der Waals surface area contributed by atoms with Crippen molar-refractivity contribution >= 4 is 28.5 Å². The average Bonchev–Trinajstić information content (AvgIpc) is 3.12. The van der Waals surface area contributed by atoms with E-state index in [4.69, 9.17) is 22.8 Å². The second-order valence-electron chi connectivity index (χ2n) is 6.69. The van der Waals surface area contributed by atoms with Gasteiger partial charge in [-0.05, 0) is 42.3 Å². The van der Waals surface area contributed by atoms with Gasteiger partial charge in [0.1, 0.15) is 5.75 Å². The number of aromatic nitrogens is 2. The monoisotopic (exact) mass is 449 g/mol. The van der Waals surface area contributed by atoms with Crippen LogP contribution in [0.4, 0.5) is 13.2 Å². The minimum absolute atomic E-state index is 0.140. The Morgan fingerprint density at radius 2 is 1.94 bits per heavy atom. The van der Waals surface area contributed by atoms with E-state index in [9.17, 15) is 18.0 Å². The van der Waals surface area contributed by atoms with Gasteiger partial charge in [0.2, 0.25) is 0 Å². The first-order valence-corrected chi connectivity index (χ1v) is 9.56. The number of imidazole rings is 1. The van der Waals surface area contributed by atoms with Gasteiger partial charge in [-0.15, -0.1) is 19.6 Å². The summed E-state index contributed by atoms with van der Waals surface area (Å²) in [6.45, 7) is 1.98. The lowest BCUT2D eigenvalue weighted by molar-refractivity contribution is -0.274. The van der Waals surface area contributed by atoms with Gasteiger partial charge in [0.15, 0.2) is 5.82 Å². The highest BCUT2D eigenvalue weighted by molar-refractivity contribution is 6.32. The van der Waals surface area contributed by atoms with E-state index in [1.54, 1.807) is 27.7 Å². The van der Waals surface area contributed by atoms with Crippen molar-refractivity contribution in [3.8, 4) is 23.8 Å². The molecule has 160 valence electrons. The van der Waals surface area contributed by atoms with Gasteiger partial charge in [-0.2, -0.15) is 0 Å². The lowest BCUT2D eigenvalue weighted by atomic mass is 10.1. The fourth-order valence-electron chi connectivity index (χ4n) is 3.36. The first-order chi connectivity index (χ1) is 14.8. The van der Waals surface area contributed by atoms with Crippen LogP contribution in [0.1, 0.15) is 16.2 Å². The molecule has 1 aromatic heterocycles. The second kappa shape index (κ2) is 8.13. The maximum atomic E-state index is 12.7. The van der Waals surface area contributed by atoms with Crippen molar-refractivity contribution in [2.45, 2.75) is 6.36 Å². The van der Waals surface area contributed by atoms with Crippen molar-refractivity contribution in [1.82, 2.24) is 14.5 Å². The van der Waals surface area contributed by atoms with Crippen LogP contribution in [0.15, 0.2) is 36.4 Å². The molecule has 0 aliphatic carbocycles. The lowest BCUT2D eigenvalue weighted by Crippen LogP contribution is -2.40. The SMILES string of the molecule is C#Cc1nc2cc(C(=O)N3CCOCC3)ccc2n1-c1ccc(OC(F)(F)F)c(Cl)c1. The number of alkyl halides is 3. The molecule has 3 aromatic rings. The number of carbonyl (C=O) groups excluding carboxylic acids is 1. The van der Waals surface area contributed by atoms with E-state index < -0.39 is 12.1 Å². The Labute approximate surface area is 180 Å². The molecule has 0 N–H and O–H groups in total. The lowest BCUT2D eigenvalue weighted by Gasteiger charge is -2.26. The molecule has 31 heavy (non-hydrogen) atoms. The van der Waals surface area contributed by atoms with Crippen molar-refractivity contribution < 1.29 is 27.4 Å². The Bertz CT molecular complexity index is 1190. The van der Waals surface area contributed by atoms with Crippen LogP contribution >= 0.6 is 11.6 Å². The van der Waals surface area contributed by atoms with Crippen LogP contribution in [0.3, 0.4) is 0 Å². The van der Waals surface area contributed by atoms with Gasteiger partial charge in [0.05, 0.1) is 35.0 Å². The first kappa shape index (κ1) is 21.0. The molecule has 0 unspecified atom stereocenters. The minimum Gasteiger partial charge on any atom is -0.404 e. The molecule has 1 fully saturated rings.